The highest BCUT2D eigenvalue weighted by molar-refractivity contribution is 5.78. The second kappa shape index (κ2) is 7.67. The number of amides is 1. The first kappa shape index (κ1) is 14.5. The van der Waals surface area contributed by atoms with Gasteiger partial charge < -0.3 is 15.6 Å². The molecule has 0 radical (unpaired) electrons. The quantitative estimate of drug-likeness (QED) is 0.490. The van der Waals surface area contributed by atoms with Gasteiger partial charge in [0.05, 0.1) is 0 Å². The summed E-state index contributed by atoms with van der Waals surface area (Å²) in [5, 5.41) is 14.0. The standard InChI is InChI=1S/C13H26N2O2/c1-3-4-5-6-7-8-11(2)13(16)14-12-9-15(17)10-12/h11-12,15H,3-10H2,1-2H3,(H,14,16)/t11-/m0/s1. The average molecular weight is 242 g/mol. The molecule has 1 saturated heterocycles. The number of hydrogen-bond donors (Lipinski definition) is 2. The van der Waals surface area contributed by atoms with Crippen molar-refractivity contribution in [2.45, 2.75) is 58.4 Å². The first-order valence-electron chi connectivity index (χ1n) is 6.95. The summed E-state index contributed by atoms with van der Waals surface area (Å²) in [7, 11) is 0. The van der Waals surface area contributed by atoms with Gasteiger partial charge in [0.15, 0.2) is 0 Å². The molecule has 2 N–H and O–H groups in total. The van der Waals surface area contributed by atoms with Crippen LogP contribution in [0, 0.1) is 11.1 Å². The van der Waals surface area contributed by atoms with Crippen LogP contribution in [0.25, 0.3) is 0 Å². The van der Waals surface area contributed by atoms with Crippen molar-refractivity contribution in [3.63, 3.8) is 0 Å². The number of quaternary nitrogens is 1. The van der Waals surface area contributed by atoms with E-state index in [4.69, 9.17) is 0 Å². The Bertz CT molecular complexity index is 227. The third-order valence-electron chi connectivity index (χ3n) is 3.48. The van der Waals surface area contributed by atoms with Crippen LogP contribution in [0.15, 0.2) is 0 Å². The summed E-state index contributed by atoms with van der Waals surface area (Å²) >= 11 is 0. The predicted octanol–water partition coefficient (Wildman–Crippen LogP) is 0.864. The number of carbonyl (C=O) groups excluding carboxylic acids is 1. The summed E-state index contributed by atoms with van der Waals surface area (Å²) in [6.45, 7) is 5.26. The van der Waals surface area contributed by atoms with Gasteiger partial charge in [-0.25, -0.2) is 0 Å². The summed E-state index contributed by atoms with van der Waals surface area (Å²) in [6, 6.07) is 0.123. The fourth-order valence-corrected chi connectivity index (χ4v) is 2.12. The summed E-state index contributed by atoms with van der Waals surface area (Å²) in [6.07, 6.45) is 7.17. The Hall–Kier alpha value is -0.610. The largest absolute Gasteiger partial charge is 0.634 e. The molecule has 1 amide bonds. The van der Waals surface area contributed by atoms with Crippen molar-refractivity contribution in [2.24, 2.45) is 5.92 Å². The number of hydroxylamine groups is 2. The van der Waals surface area contributed by atoms with E-state index in [0.717, 1.165) is 12.8 Å². The highest BCUT2D eigenvalue weighted by atomic mass is 16.5. The number of carbonyl (C=O) groups is 1. The Balaban J connectivity index is 2.02. The van der Waals surface area contributed by atoms with E-state index in [1.54, 1.807) is 0 Å². The van der Waals surface area contributed by atoms with Crippen molar-refractivity contribution >= 4 is 5.91 Å². The van der Waals surface area contributed by atoms with E-state index in [2.05, 4.69) is 12.2 Å². The SMILES string of the molecule is CCCCCCC[C@H](C)C(=O)NC1C[NH+]([O-])C1. The number of rotatable bonds is 8. The minimum atomic E-state index is 0.0901. The molecule has 0 spiro atoms. The van der Waals surface area contributed by atoms with Gasteiger partial charge in [0.2, 0.25) is 5.91 Å². The van der Waals surface area contributed by atoms with Crippen LogP contribution in [-0.4, -0.2) is 25.0 Å². The molecule has 4 heteroatoms. The minimum absolute atomic E-state index is 0.0901. The number of nitrogens with one attached hydrogen (secondary N) is 2. The van der Waals surface area contributed by atoms with Crippen LogP contribution < -0.4 is 10.4 Å². The lowest BCUT2D eigenvalue weighted by molar-refractivity contribution is -0.893. The van der Waals surface area contributed by atoms with E-state index in [9.17, 15) is 10.0 Å². The van der Waals surface area contributed by atoms with Gasteiger partial charge in [-0.1, -0.05) is 46.0 Å². The van der Waals surface area contributed by atoms with Crippen LogP contribution in [-0.2, 0) is 4.79 Å². The van der Waals surface area contributed by atoms with Crippen molar-refractivity contribution in [1.82, 2.24) is 5.32 Å². The van der Waals surface area contributed by atoms with Crippen molar-refractivity contribution in [1.29, 1.82) is 0 Å². The van der Waals surface area contributed by atoms with Crippen LogP contribution in [0.2, 0.25) is 0 Å². The van der Waals surface area contributed by atoms with Gasteiger partial charge in [-0.15, -0.1) is 0 Å². The zero-order valence-electron chi connectivity index (χ0n) is 11.1. The van der Waals surface area contributed by atoms with Crippen molar-refractivity contribution in [3.05, 3.63) is 5.21 Å². The molecule has 1 atom stereocenters. The van der Waals surface area contributed by atoms with E-state index in [1.165, 1.54) is 25.7 Å². The molecule has 0 aliphatic carbocycles. The maximum atomic E-state index is 11.8. The normalized spacial score (nSPS) is 25.1. The molecule has 17 heavy (non-hydrogen) atoms. The lowest BCUT2D eigenvalue weighted by atomic mass is 10.0. The van der Waals surface area contributed by atoms with Gasteiger partial charge in [0.25, 0.3) is 0 Å². The Morgan fingerprint density at radius 1 is 1.35 bits per heavy atom. The average Bonchev–Trinajstić information content (AvgIpc) is 2.26. The van der Waals surface area contributed by atoms with Gasteiger partial charge in [-0.3, -0.25) is 4.79 Å². The topological polar surface area (TPSA) is 56.6 Å². The first-order chi connectivity index (χ1) is 8.13. The highest BCUT2D eigenvalue weighted by Gasteiger charge is 2.28. The predicted molar refractivity (Wildman–Crippen MR) is 68.5 cm³/mol. The molecule has 0 aromatic rings. The summed E-state index contributed by atoms with van der Waals surface area (Å²) < 4.78 is 0. The lowest BCUT2D eigenvalue weighted by Crippen LogP contribution is -3.18. The van der Waals surface area contributed by atoms with Crippen LogP contribution in [0.3, 0.4) is 0 Å². The van der Waals surface area contributed by atoms with Gasteiger partial charge in [-0.05, 0) is 6.42 Å². The molecule has 0 saturated carbocycles. The Kier molecular flexibility index (Phi) is 6.52. The minimum Gasteiger partial charge on any atom is -0.634 e. The third-order valence-corrected chi connectivity index (χ3v) is 3.48. The monoisotopic (exact) mass is 242 g/mol. The van der Waals surface area contributed by atoms with Gasteiger partial charge in [0, 0.05) is 5.92 Å². The van der Waals surface area contributed by atoms with E-state index in [1.807, 2.05) is 6.92 Å². The zero-order chi connectivity index (χ0) is 12.7. The molecular weight excluding hydrogens is 216 g/mol. The molecule has 100 valence electrons. The second-order valence-electron chi connectivity index (χ2n) is 5.26. The van der Waals surface area contributed by atoms with Crippen LogP contribution in [0.4, 0.5) is 0 Å². The van der Waals surface area contributed by atoms with Crippen molar-refractivity contribution < 1.29 is 9.86 Å². The maximum Gasteiger partial charge on any atom is 0.223 e. The van der Waals surface area contributed by atoms with Gasteiger partial charge in [-0.2, -0.15) is 0 Å². The summed E-state index contributed by atoms with van der Waals surface area (Å²) in [4.78, 5) is 11.8. The van der Waals surface area contributed by atoms with Crippen molar-refractivity contribution in [3.8, 4) is 0 Å². The Morgan fingerprint density at radius 3 is 2.59 bits per heavy atom. The molecule has 1 aliphatic heterocycles. The van der Waals surface area contributed by atoms with E-state index < -0.39 is 0 Å². The van der Waals surface area contributed by atoms with Gasteiger partial charge >= 0.3 is 0 Å². The fraction of sp³-hybridized carbons (Fsp3) is 0.923. The second-order valence-corrected chi connectivity index (χ2v) is 5.26. The summed E-state index contributed by atoms with van der Waals surface area (Å²) in [5.41, 5.74) is 0. The molecule has 1 fully saturated rings. The maximum absolute atomic E-state index is 11.8. The number of hydrogen-bond acceptors (Lipinski definition) is 2. The zero-order valence-corrected chi connectivity index (χ0v) is 11.1. The lowest BCUT2D eigenvalue weighted by Gasteiger charge is -2.38. The molecule has 1 aliphatic rings. The van der Waals surface area contributed by atoms with E-state index in [-0.39, 0.29) is 22.9 Å². The first-order valence-corrected chi connectivity index (χ1v) is 6.95. The molecule has 4 nitrogen and oxygen atoms in total. The van der Waals surface area contributed by atoms with Crippen LogP contribution >= 0.6 is 0 Å². The number of unbranched alkanes of at least 4 members (excludes halogenated alkanes) is 4. The smallest absolute Gasteiger partial charge is 0.223 e. The van der Waals surface area contributed by atoms with E-state index >= 15 is 0 Å². The molecule has 0 bridgehead atoms. The Labute approximate surface area is 104 Å². The molecule has 0 aromatic carbocycles. The molecule has 1 heterocycles. The van der Waals surface area contributed by atoms with Crippen LogP contribution in [0.1, 0.15) is 52.4 Å². The third kappa shape index (κ3) is 5.50. The van der Waals surface area contributed by atoms with E-state index in [0.29, 0.717) is 13.1 Å². The highest BCUT2D eigenvalue weighted by Crippen LogP contribution is 2.11. The van der Waals surface area contributed by atoms with Gasteiger partial charge in [0.1, 0.15) is 19.1 Å². The molecule has 1 rings (SSSR count). The molecule has 0 aromatic heterocycles. The molecular formula is C13H26N2O2. The molecule has 0 unspecified atom stereocenters. The van der Waals surface area contributed by atoms with Crippen molar-refractivity contribution in [2.75, 3.05) is 13.1 Å². The summed E-state index contributed by atoms with van der Waals surface area (Å²) in [5.74, 6) is 0.213. The Morgan fingerprint density at radius 2 is 2.00 bits per heavy atom. The van der Waals surface area contributed by atoms with Crippen LogP contribution in [0.5, 0.6) is 0 Å². The fourth-order valence-electron chi connectivity index (χ4n) is 2.12.